The number of nitrogens with two attached hydrogens (primary N) is 2. The summed E-state index contributed by atoms with van der Waals surface area (Å²) in [4.78, 5) is 13.9. The van der Waals surface area contributed by atoms with Crippen molar-refractivity contribution in [3.63, 3.8) is 0 Å². The van der Waals surface area contributed by atoms with Gasteiger partial charge in [0.1, 0.15) is 6.04 Å². The van der Waals surface area contributed by atoms with Gasteiger partial charge in [0.25, 0.3) is 0 Å². The monoisotopic (exact) mass is 169 g/mol. The van der Waals surface area contributed by atoms with Crippen LogP contribution in [0.1, 0.15) is 12.8 Å². The minimum absolute atomic E-state index is 0.0129. The Balaban J connectivity index is 3.44. The van der Waals surface area contributed by atoms with Crippen molar-refractivity contribution >= 4 is 19.6 Å². The smallest absolute Gasteiger partial charge is 0.320 e. The molecule has 0 aliphatic rings. The minimum Gasteiger partial charge on any atom is -0.480 e. The van der Waals surface area contributed by atoms with Crippen LogP contribution in [-0.4, -0.2) is 37.2 Å². The summed E-state index contributed by atoms with van der Waals surface area (Å²) in [5, 5.41) is 8.38. The zero-order valence-electron chi connectivity index (χ0n) is 6.73. The van der Waals surface area contributed by atoms with Crippen molar-refractivity contribution in [2.24, 2.45) is 16.5 Å². The molecule has 0 aliphatic heterocycles. The predicted molar refractivity (Wildman–Crippen MR) is 47.1 cm³/mol. The SMILES string of the molecule is [B]C(N)=NCCC[C@H](N)C(=O)O. The molecular weight excluding hydrogens is 157 g/mol. The van der Waals surface area contributed by atoms with E-state index >= 15 is 0 Å². The summed E-state index contributed by atoms with van der Waals surface area (Å²) in [5.74, 6) is -1.00. The Morgan fingerprint density at radius 2 is 2.25 bits per heavy atom. The van der Waals surface area contributed by atoms with Crippen molar-refractivity contribution in [3.8, 4) is 0 Å². The molecule has 0 amide bonds. The largest absolute Gasteiger partial charge is 0.480 e. The number of carbonyl (C=O) groups is 1. The van der Waals surface area contributed by atoms with Crippen molar-refractivity contribution in [1.29, 1.82) is 0 Å². The number of aliphatic imine (C=N–C) groups is 1. The van der Waals surface area contributed by atoms with Gasteiger partial charge in [-0.25, -0.2) is 0 Å². The maximum Gasteiger partial charge on any atom is 0.320 e. The highest BCUT2D eigenvalue weighted by Gasteiger charge is 2.09. The van der Waals surface area contributed by atoms with Crippen molar-refractivity contribution in [2.75, 3.05) is 6.54 Å². The Labute approximate surface area is 72.2 Å². The lowest BCUT2D eigenvalue weighted by Crippen LogP contribution is -2.30. The first-order valence-corrected chi connectivity index (χ1v) is 3.58. The zero-order chi connectivity index (χ0) is 9.56. The Hall–Kier alpha value is -1.04. The summed E-state index contributed by atoms with van der Waals surface area (Å²) in [5.41, 5.74) is 10.3. The Morgan fingerprint density at radius 1 is 1.67 bits per heavy atom. The lowest BCUT2D eigenvalue weighted by atomic mass is 10.1. The molecule has 0 heterocycles. The summed E-state index contributed by atoms with van der Waals surface area (Å²) in [7, 11) is 5.05. The lowest BCUT2D eigenvalue weighted by molar-refractivity contribution is -0.138. The molecule has 1 atom stereocenters. The van der Waals surface area contributed by atoms with Gasteiger partial charge < -0.3 is 16.6 Å². The van der Waals surface area contributed by atoms with E-state index < -0.39 is 12.0 Å². The average molecular weight is 169 g/mol. The molecule has 0 aromatic heterocycles. The fourth-order valence-corrected chi connectivity index (χ4v) is 0.643. The van der Waals surface area contributed by atoms with Crippen LogP contribution in [0.2, 0.25) is 0 Å². The summed E-state index contributed by atoms with van der Waals surface area (Å²) in [6.07, 6.45) is 0.956. The molecule has 0 spiro atoms. The fraction of sp³-hybridized carbons (Fsp3) is 0.667. The third-order valence-electron chi connectivity index (χ3n) is 1.28. The highest BCUT2D eigenvalue weighted by atomic mass is 16.4. The predicted octanol–water partition coefficient (Wildman–Crippen LogP) is -1.34. The van der Waals surface area contributed by atoms with Crippen molar-refractivity contribution in [1.82, 2.24) is 0 Å². The molecule has 0 fully saturated rings. The molecule has 66 valence electrons. The number of hydrogen-bond donors (Lipinski definition) is 3. The van der Waals surface area contributed by atoms with Crippen LogP contribution >= 0.6 is 0 Å². The van der Waals surface area contributed by atoms with E-state index in [-0.39, 0.29) is 5.73 Å². The maximum absolute atomic E-state index is 10.2. The van der Waals surface area contributed by atoms with Crippen molar-refractivity contribution in [2.45, 2.75) is 18.9 Å². The zero-order valence-corrected chi connectivity index (χ0v) is 6.73. The van der Waals surface area contributed by atoms with Gasteiger partial charge in [-0.05, 0) is 12.8 Å². The molecule has 0 saturated heterocycles. The molecule has 0 aliphatic carbocycles. The minimum atomic E-state index is -1.00. The van der Waals surface area contributed by atoms with E-state index in [1.54, 1.807) is 0 Å². The van der Waals surface area contributed by atoms with Crippen molar-refractivity contribution < 1.29 is 9.90 Å². The maximum atomic E-state index is 10.2. The van der Waals surface area contributed by atoms with E-state index in [9.17, 15) is 4.79 Å². The van der Waals surface area contributed by atoms with E-state index in [0.29, 0.717) is 19.4 Å². The molecule has 0 aromatic rings. The van der Waals surface area contributed by atoms with Gasteiger partial charge >= 0.3 is 5.97 Å². The number of hydrogen-bond acceptors (Lipinski definition) is 3. The second kappa shape index (κ2) is 5.59. The number of nitrogens with zero attached hydrogens (tertiary/aromatic N) is 1. The quantitative estimate of drug-likeness (QED) is 0.205. The van der Waals surface area contributed by atoms with Crippen LogP contribution in [0.15, 0.2) is 4.99 Å². The molecule has 5 nitrogen and oxygen atoms in total. The molecule has 0 rings (SSSR count). The number of carboxylic acid groups (broad SMARTS) is 1. The van der Waals surface area contributed by atoms with Gasteiger partial charge in [0, 0.05) is 12.3 Å². The molecule has 5 N–H and O–H groups in total. The Kier molecular flexibility index (Phi) is 5.11. The number of rotatable bonds is 5. The standard InChI is InChI=1S/C6H12BN3O2/c7-6(9)10-3-1-2-4(8)5(11)12/h4H,1-3,8H2,(H2,9,10)(H,11,12)/t4-/m0/s1. The molecule has 2 radical (unpaired) electrons. The summed E-state index contributed by atoms with van der Waals surface area (Å²) in [6.45, 7) is 0.420. The Morgan fingerprint density at radius 3 is 2.67 bits per heavy atom. The van der Waals surface area contributed by atoms with Crippen LogP contribution in [0.25, 0.3) is 0 Å². The molecule has 0 bridgehead atoms. The lowest BCUT2D eigenvalue weighted by Gasteiger charge is -2.03. The van der Waals surface area contributed by atoms with Crippen LogP contribution in [0, 0.1) is 0 Å². The number of carboxylic acids is 1. The molecule has 6 heteroatoms. The first-order chi connectivity index (χ1) is 5.54. The number of amidine groups is 1. The molecular formula is C6H12BN3O2. The molecule has 0 saturated carbocycles. The first-order valence-electron chi connectivity index (χ1n) is 3.58. The second-order valence-electron chi connectivity index (χ2n) is 2.39. The summed E-state index contributed by atoms with van der Waals surface area (Å²) >= 11 is 0. The van der Waals surface area contributed by atoms with E-state index in [1.807, 2.05) is 0 Å². The van der Waals surface area contributed by atoms with Crippen LogP contribution < -0.4 is 11.5 Å². The van der Waals surface area contributed by atoms with Gasteiger partial charge in [-0.1, -0.05) is 0 Å². The summed E-state index contributed by atoms with van der Waals surface area (Å²) in [6, 6.07) is -0.820. The van der Waals surface area contributed by atoms with Gasteiger partial charge in [-0.15, -0.1) is 0 Å². The van der Waals surface area contributed by atoms with Crippen LogP contribution in [0.4, 0.5) is 0 Å². The van der Waals surface area contributed by atoms with Gasteiger partial charge in [-0.3, -0.25) is 9.79 Å². The van der Waals surface area contributed by atoms with E-state index in [2.05, 4.69) is 4.99 Å². The van der Waals surface area contributed by atoms with Gasteiger partial charge in [0.2, 0.25) is 0 Å². The van der Waals surface area contributed by atoms with Crippen LogP contribution in [-0.2, 0) is 4.79 Å². The van der Waals surface area contributed by atoms with E-state index in [1.165, 1.54) is 0 Å². The molecule has 0 unspecified atom stereocenters. The van der Waals surface area contributed by atoms with Crippen LogP contribution in [0.5, 0.6) is 0 Å². The van der Waals surface area contributed by atoms with E-state index in [4.69, 9.17) is 24.4 Å². The second-order valence-corrected chi connectivity index (χ2v) is 2.39. The fourth-order valence-electron chi connectivity index (χ4n) is 0.643. The highest BCUT2D eigenvalue weighted by molar-refractivity contribution is 6.58. The van der Waals surface area contributed by atoms with Gasteiger partial charge in [0.15, 0.2) is 7.85 Å². The molecule has 0 aromatic carbocycles. The topological polar surface area (TPSA) is 102 Å². The molecule has 12 heavy (non-hydrogen) atoms. The average Bonchev–Trinajstić information content (AvgIpc) is 1.97. The highest BCUT2D eigenvalue weighted by Crippen LogP contribution is 1.94. The van der Waals surface area contributed by atoms with Crippen LogP contribution in [0.3, 0.4) is 0 Å². The number of aliphatic carboxylic acids is 1. The third kappa shape index (κ3) is 5.73. The summed E-state index contributed by atoms with van der Waals surface area (Å²) < 4.78 is 0. The van der Waals surface area contributed by atoms with E-state index in [0.717, 1.165) is 0 Å². The normalized spacial score (nSPS) is 14.2. The third-order valence-corrected chi connectivity index (χ3v) is 1.28. The van der Waals surface area contributed by atoms with Crippen molar-refractivity contribution in [3.05, 3.63) is 0 Å². The van der Waals surface area contributed by atoms with Gasteiger partial charge in [0.05, 0.1) is 0 Å². The Bertz CT molecular complexity index is 180. The first kappa shape index (κ1) is 11.0. The van der Waals surface area contributed by atoms with Gasteiger partial charge in [-0.2, -0.15) is 0 Å².